The maximum atomic E-state index is 11.3. The third-order valence-electron chi connectivity index (χ3n) is 1.70. The molecule has 1 rings (SSSR count). The molecule has 0 aliphatic carbocycles. The van der Waals surface area contributed by atoms with Crippen LogP contribution in [0.1, 0.15) is 5.56 Å². The number of ether oxygens (including phenoxy) is 1. The number of carbonyl (C=O) groups is 2. The van der Waals surface area contributed by atoms with Crippen LogP contribution in [0.4, 0.5) is 4.79 Å². The van der Waals surface area contributed by atoms with E-state index in [1.165, 1.54) is 7.11 Å². The Morgan fingerprint density at radius 3 is 2.47 bits per heavy atom. The van der Waals surface area contributed by atoms with Crippen molar-refractivity contribution >= 4 is 12.0 Å². The van der Waals surface area contributed by atoms with Crippen molar-refractivity contribution in [2.24, 2.45) is 0 Å². The molecule has 1 aromatic rings. The van der Waals surface area contributed by atoms with Crippen LogP contribution in [0.5, 0.6) is 0 Å². The van der Waals surface area contributed by atoms with Gasteiger partial charge in [0.15, 0.2) is 0 Å². The topological polar surface area (TPSA) is 67.4 Å². The molecular formula is C10H12N2O3. The molecule has 0 aliphatic rings. The molecular weight excluding hydrogens is 196 g/mol. The number of hydrogen-bond donors (Lipinski definition) is 2. The minimum absolute atomic E-state index is 0.213. The summed E-state index contributed by atoms with van der Waals surface area (Å²) in [4.78, 5) is 21.9. The second-order valence-corrected chi connectivity index (χ2v) is 2.83. The maximum absolute atomic E-state index is 11.3. The number of carbonyl (C=O) groups excluding carboxylic acids is 2. The molecule has 0 aromatic heterocycles. The van der Waals surface area contributed by atoms with E-state index in [-0.39, 0.29) is 12.3 Å². The van der Waals surface area contributed by atoms with Crippen molar-refractivity contribution in [1.82, 2.24) is 10.9 Å². The van der Waals surface area contributed by atoms with Crippen molar-refractivity contribution in [3.63, 3.8) is 0 Å². The van der Waals surface area contributed by atoms with E-state index in [0.717, 1.165) is 5.56 Å². The Balaban J connectivity index is 2.34. The average molecular weight is 208 g/mol. The third-order valence-corrected chi connectivity index (χ3v) is 1.70. The Morgan fingerprint density at radius 1 is 1.20 bits per heavy atom. The number of rotatable bonds is 2. The van der Waals surface area contributed by atoms with Crippen molar-refractivity contribution in [3.05, 3.63) is 35.9 Å². The van der Waals surface area contributed by atoms with Crippen LogP contribution in [0.2, 0.25) is 0 Å². The summed E-state index contributed by atoms with van der Waals surface area (Å²) in [6.45, 7) is 0. The van der Waals surface area contributed by atoms with E-state index in [1.54, 1.807) is 0 Å². The summed E-state index contributed by atoms with van der Waals surface area (Å²) >= 11 is 0. The van der Waals surface area contributed by atoms with Crippen LogP contribution in [0, 0.1) is 0 Å². The Morgan fingerprint density at radius 2 is 1.87 bits per heavy atom. The Labute approximate surface area is 87.4 Å². The number of methoxy groups -OCH3 is 1. The highest BCUT2D eigenvalue weighted by atomic mass is 16.5. The van der Waals surface area contributed by atoms with Gasteiger partial charge in [-0.2, -0.15) is 0 Å². The van der Waals surface area contributed by atoms with Gasteiger partial charge < -0.3 is 4.74 Å². The van der Waals surface area contributed by atoms with Gasteiger partial charge in [-0.1, -0.05) is 30.3 Å². The van der Waals surface area contributed by atoms with E-state index in [9.17, 15) is 9.59 Å². The lowest BCUT2D eigenvalue weighted by Gasteiger charge is -2.05. The first-order valence-electron chi connectivity index (χ1n) is 4.39. The molecule has 0 saturated heterocycles. The first kappa shape index (κ1) is 11.0. The van der Waals surface area contributed by atoms with Crippen molar-refractivity contribution < 1.29 is 14.3 Å². The predicted molar refractivity (Wildman–Crippen MR) is 53.8 cm³/mol. The molecule has 2 N–H and O–H groups in total. The van der Waals surface area contributed by atoms with E-state index >= 15 is 0 Å². The van der Waals surface area contributed by atoms with Crippen molar-refractivity contribution in [3.8, 4) is 0 Å². The van der Waals surface area contributed by atoms with E-state index < -0.39 is 6.09 Å². The van der Waals surface area contributed by atoms with Gasteiger partial charge in [-0.25, -0.2) is 10.2 Å². The normalized spacial score (nSPS) is 9.13. The van der Waals surface area contributed by atoms with Gasteiger partial charge in [-0.3, -0.25) is 10.2 Å². The summed E-state index contributed by atoms with van der Waals surface area (Å²) < 4.78 is 4.29. The molecule has 15 heavy (non-hydrogen) atoms. The van der Waals surface area contributed by atoms with Crippen LogP contribution in [0.15, 0.2) is 30.3 Å². The van der Waals surface area contributed by atoms with Gasteiger partial charge in [-0.15, -0.1) is 0 Å². The molecule has 80 valence electrons. The second kappa shape index (κ2) is 5.64. The first-order valence-corrected chi connectivity index (χ1v) is 4.39. The van der Waals surface area contributed by atoms with Crippen LogP contribution >= 0.6 is 0 Å². The summed E-state index contributed by atoms with van der Waals surface area (Å²) in [7, 11) is 1.22. The summed E-state index contributed by atoms with van der Waals surface area (Å²) in [5.41, 5.74) is 5.19. The van der Waals surface area contributed by atoms with Gasteiger partial charge in [0.2, 0.25) is 5.91 Å². The monoisotopic (exact) mass is 208 g/mol. The SMILES string of the molecule is COC(=O)NNC(=O)Cc1ccccc1. The van der Waals surface area contributed by atoms with Crippen molar-refractivity contribution in [2.45, 2.75) is 6.42 Å². The molecule has 1 aromatic carbocycles. The van der Waals surface area contributed by atoms with Gasteiger partial charge >= 0.3 is 6.09 Å². The lowest BCUT2D eigenvalue weighted by atomic mass is 10.1. The largest absolute Gasteiger partial charge is 0.452 e. The molecule has 0 heterocycles. The summed E-state index contributed by atoms with van der Waals surface area (Å²) in [6, 6.07) is 9.22. The standard InChI is InChI=1S/C10H12N2O3/c1-15-10(14)12-11-9(13)7-8-5-3-2-4-6-8/h2-6H,7H2,1H3,(H,11,13)(H,12,14). The molecule has 0 atom stereocenters. The summed E-state index contributed by atoms with van der Waals surface area (Å²) in [5, 5.41) is 0. The van der Waals surface area contributed by atoms with Gasteiger partial charge in [0.05, 0.1) is 13.5 Å². The summed E-state index contributed by atoms with van der Waals surface area (Å²) in [5.74, 6) is -0.299. The van der Waals surface area contributed by atoms with Crippen LogP contribution in [0.3, 0.4) is 0 Å². The fourth-order valence-electron chi connectivity index (χ4n) is 0.997. The number of hydrazine groups is 1. The molecule has 0 fully saturated rings. The number of benzene rings is 1. The number of hydrogen-bond acceptors (Lipinski definition) is 3. The molecule has 0 unspecified atom stereocenters. The summed E-state index contributed by atoms with van der Waals surface area (Å²) in [6.07, 6.45) is -0.485. The van der Waals surface area contributed by atoms with Gasteiger partial charge in [0.25, 0.3) is 0 Å². The van der Waals surface area contributed by atoms with Gasteiger partial charge in [0, 0.05) is 0 Å². The fourth-order valence-corrected chi connectivity index (χ4v) is 0.997. The quantitative estimate of drug-likeness (QED) is 0.700. The third kappa shape index (κ3) is 4.12. The zero-order chi connectivity index (χ0) is 11.1. The van der Waals surface area contributed by atoms with Crippen molar-refractivity contribution in [1.29, 1.82) is 0 Å². The molecule has 0 saturated carbocycles. The Kier molecular flexibility index (Phi) is 4.15. The van der Waals surface area contributed by atoms with Gasteiger partial charge in [-0.05, 0) is 5.56 Å². The number of amides is 2. The maximum Gasteiger partial charge on any atom is 0.425 e. The Hall–Kier alpha value is -2.04. The lowest BCUT2D eigenvalue weighted by molar-refractivity contribution is -0.121. The van der Waals surface area contributed by atoms with Gasteiger partial charge in [0.1, 0.15) is 0 Å². The highest BCUT2D eigenvalue weighted by Gasteiger charge is 2.04. The number of nitrogens with one attached hydrogen (secondary N) is 2. The van der Waals surface area contributed by atoms with Crippen molar-refractivity contribution in [2.75, 3.05) is 7.11 Å². The fraction of sp³-hybridized carbons (Fsp3) is 0.200. The molecule has 0 radical (unpaired) electrons. The molecule has 0 aliphatic heterocycles. The van der Waals surface area contributed by atoms with E-state index in [2.05, 4.69) is 15.6 Å². The Bertz CT molecular complexity index is 338. The van der Waals surface area contributed by atoms with Crippen LogP contribution in [-0.2, 0) is 16.0 Å². The average Bonchev–Trinajstić information content (AvgIpc) is 2.27. The van der Waals surface area contributed by atoms with E-state index in [1.807, 2.05) is 30.3 Å². The van der Waals surface area contributed by atoms with E-state index in [0.29, 0.717) is 0 Å². The molecule has 0 spiro atoms. The van der Waals surface area contributed by atoms with Crippen LogP contribution < -0.4 is 10.9 Å². The minimum atomic E-state index is -0.698. The predicted octanol–water partition coefficient (Wildman–Crippen LogP) is 0.616. The molecule has 2 amide bonds. The second-order valence-electron chi connectivity index (χ2n) is 2.83. The first-order chi connectivity index (χ1) is 7.22. The highest BCUT2D eigenvalue weighted by molar-refractivity contribution is 5.80. The highest BCUT2D eigenvalue weighted by Crippen LogP contribution is 1.98. The smallest absolute Gasteiger partial charge is 0.425 e. The zero-order valence-corrected chi connectivity index (χ0v) is 8.32. The lowest BCUT2D eigenvalue weighted by Crippen LogP contribution is -2.42. The molecule has 5 heteroatoms. The minimum Gasteiger partial charge on any atom is -0.452 e. The van der Waals surface area contributed by atoms with Crippen LogP contribution in [0.25, 0.3) is 0 Å². The van der Waals surface area contributed by atoms with E-state index in [4.69, 9.17) is 0 Å². The molecule has 5 nitrogen and oxygen atoms in total. The zero-order valence-electron chi connectivity index (χ0n) is 8.32. The molecule has 0 bridgehead atoms. The van der Waals surface area contributed by atoms with Crippen LogP contribution in [-0.4, -0.2) is 19.1 Å².